The third kappa shape index (κ3) is 2.97. The van der Waals surface area contributed by atoms with Gasteiger partial charge in [0.1, 0.15) is 0 Å². The van der Waals surface area contributed by atoms with Crippen LogP contribution < -0.4 is 0 Å². The van der Waals surface area contributed by atoms with E-state index in [1.54, 1.807) is 0 Å². The second-order valence-corrected chi connectivity index (χ2v) is 13.8. The van der Waals surface area contributed by atoms with Crippen LogP contribution in [0, 0.1) is 0 Å². The van der Waals surface area contributed by atoms with Gasteiger partial charge in [0.2, 0.25) is 0 Å². The first-order chi connectivity index (χ1) is 22.8. The molecule has 0 fully saturated rings. The fourth-order valence-electron chi connectivity index (χ4n) is 8.92. The number of rotatable bonds is 1. The van der Waals surface area contributed by atoms with Crippen molar-refractivity contribution in [3.8, 4) is 44.5 Å². The van der Waals surface area contributed by atoms with E-state index in [2.05, 4.69) is 158 Å². The average Bonchev–Trinajstić information content (AvgIpc) is 3.59. The van der Waals surface area contributed by atoms with Crippen molar-refractivity contribution in [3.63, 3.8) is 0 Å². The molecule has 1 heteroatoms. The monoisotopic (exact) mass is 598 g/mol. The molecule has 3 aliphatic rings. The number of fused-ring (bicyclic) bond motifs is 14. The minimum atomic E-state index is -0.393. The van der Waals surface area contributed by atoms with Crippen LogP contribution in [0.4, 0.5) is 0 Å². The molecule has 0 nitrogen and oxygen atoms in total. The molecule has 46 heavy (non-hydrogen) atoms. The molecule has 1 aliphatic heterocycles. The first-order valence-corrected chi connectivity index (χ1v) is 16.8. The number of hydrogen-bond donors (Lipinski definition) is 0. The van der Waals surface area contributed by atoms with Crippen molar-refractivity contribution in [1.82, 2.24) is 0 Å². The Morgan fingerprint density at radius 2 is 1.00 bits per heavy atom. The largest absolute Gasteiger partial charge is 0.0888 e. The van der Waals surface area contributed by atoms with Gasteiger partial charge < -0.3 is 0 Å². The molecule has 1 unspecified atom stereocenters. The van der Waals surface area contributed by atoms with Crippen molar-refractivity contribution < 1.29 is 0 Å². The molecular formula is C45H26S. The highest BCUT2D eigenvalue weighted by Gasteiger charge is 2.52. The van der Waals surface area contributed by atoms with Gasteiger partial charge in [0.25, 0.3) is 0 Å². The molecular weight excluding hydrogens is 573 g/mol. The van der Waals surface area contributed by atoms with E-state index in [9.17, 15) is 0 Å². The summed E-state index contributed by atoms with van der Waals surface area (Å²) in [5.41, 5.74) is 15.8. The van der Waals surface area contributed by atoms with Gasteiger partial charge in [-0.15, -0.1) is 0 Å². The Morgan fingerprint density at radius 3 is 1.87 bits per heavy atom. The van der Waals surface area contributed by atoms with E-state index in [0.717, 1.165) is 0 Å². The summed E-state index contributed by atoms with van der Waals surface area (Å²) >= 11 is 1.89. The Kier molecular flexibility index (Phi) is 4.80. The van der Waals surface area contributed by atoms with E-state index in [0.29, 0.717) is 0 Å². The van der Waals surface area contributed by atoms with Crippen molar-refractivity contribution in [3.05, 3.63) is 180 Å². The van der Waals surface area contributed by atoms with Gasteiger partial charge in [0, 0.05) is 15.2 Å². The summed E-state index contributed by atoms with van der Waals surface area (Å²) in [6, 6.07) is 59.5. The lowest BCUT2D eigenvalue weighted by molar-refractivity contribution is 0.801. The molecule has 1 heterocycles. The third-order valence-electron chi connectivity index (χ3n) is 10.7. The second kappa shape index (κ2) is 8.88. The van der Waals surface area contributed by atoms with Crippen molar-refractivity contribution in [2.75, 3.05) is 0 Å². The molecule has 0 saturated carbocycles. The maximum absolute atomic E-state index is 2.52. The van der Waals surface area contributed by atoms with Crippen LogP contribution >= 0.6 is 11.8 Å². The smallest absolute Gasteiger partial charge is 0.0731 e. The third-order valence-corrected chi connectivity index (χ3v) is 11.8. The topological polar surface area (TPSA) is 0 Å². The Morgan fingerprint density at radius 1 is 0.370 bits per heavy atom. The first kappa shape index (κ1) is 24.9. The van der Waals surface area contributed by atoms with Gasteiger partial charge in [-0.1, -0.05) is 151 Å². The number of benzene rings is 8. The molecule has 0 saturated heterocycles. The van der Waals surface area contributed by atoms with Crippen molar-refractivity contribution in [2.45, 2.75) is 15.2 Å². The zero-order chi connectivity index (χ0) is 30.0. The van der Waals surface area contributed by atoms with Crippen LogP contribution in [0.1, 0.15) is 22.3 Å². The highest BCUT2D eigenvalue weighted by atomic mass is 32.2. The normalized spacial score (nSPS) is 16.3. The summed E-state index contributed by atoms with van der Waals surface area (Å²) in [7, 11) is 0. The van der Waals surface area contributed by atoms with Crippen molar-refractivity contribution in [2.24, 2.45) is 0 Å². The zero-order valence-electron chi connectivity index (χ0n) is 24.9. The lowest BCUT2D eigenvalue weighted by Gasteiger charge is -2.32. The van der Waals surface area contributed by atoms with Gasteiger partial charge >= 0.3 is 0 Å². The Hall–Kier alpha value is -5.37. The van der Waals surface area contributed by atoms with Crippen LogP contribution in [0.25, 0.3) is 66.1 Å². The quantitative estimate of drug-likeness (QED) is 0.181. The molecule has 0 N–H and O–H groups in total. The maximum atomic E-state index is 2.52. The standard InChI is InChI=1S/C45H26S/c1-2-11-30-27(10-1)20-23-37-32-13-4-7-18-39(32)45(44(30)37)38-17-6-3-12-31(38)33-22-21-28(26-40(33)45)29-24-25-42-43-35(29)15-9-16-36(43)34-14-5-8-19-41(34)46-42/h1-26H. The first-order valence-electron chi connectivity index (χ1n) is 16.0. The van der Waals surface area contributed by atoms with Crippen LogP contribution in [-0.2, 0) is 5.41 Å². The van der Waals surface area contributed by atoms with Gasteiger partial charge in [0.15, 0.2) is 0 Å². The van der Waals surface area contributed by atoms with Crippen LogP contribution in [-0.4, -0.2) is 0 Å². The molecule has 0 radical (unpaired) electrons. The fraction of sp³-hybridized carbons (Fsp3) is 0.0222. The Bertz CT molecular complexity index is 2610. The SMILES string of the molecule is c1ccc2c(c1)Sc1ccc(-c3ccc4c(c3)C3(c5ccccc5-4)c4ccccc4-c4ccc5ccccc5c43)c3cccc-2c13. The summed E-state index contributed by atoms with van der Waals surface area (Å²) < 4.78 is 0. The van der Waals surface area contributed by atoms with E-state index in [1.807, 2.05) is 11.8 Å². The molecule has 1 spiro atoms. The molecule has 2 aliphatic carbocycles. The molecule has 1 atom stereocenters. The zero-order valence-corrected chi connectivity index (χ0v) is 25.7. The highest BCUT2D eigenvalue weighted by Crippen LogP contribution is 2.64. The predicted molar refractivity (Wildman–Crippen MR) is 193 cm³/mol. The van der Waals surface area contributed by atoms with Crippen LogP contribution in [0.15, 0.2) is 168 Å². The van der Waals surface area contributed by atoms with E-state index in [4.69, 9.17) is 0 Å². The van der Waals surface area contributed by atoms with Gasteiger partial charge in [-0.2, -0.15) is 0 Å². The van der Waals surface area contributed by atoms with Crippen molar-refractivity contribution in [1.29, 1.82) is 0 Å². The number of hydrogen-bond acceptors (Lipinski definition) is 1. The van der Waals surface area contributed by atoms with Gasteiger partial charge in [-0.25, -0.2) is 0 Å². The van der Waals surface area contributed by atoms with Crippen LogP contribution in [0.2, 0.25) is 0 Å². The molecule has 8 aromatic carbocycles. The van der Waals surface area contributed by atoms with E-state index >= 15 is 0 Å². The van der Waals surface area contributed by atoms with Crippen LogP contribution in [0.5, 0.6) is 0 Å². The van der Waals surface area contributed by atoms with Gasteiger partial charge in [-0.3, -0.25) is 0 Å². The Labute approximate surface area is 272 Å². The second-order valence-electron chi connectivity index (χ2n) is 12.7. The minimum absolute atomic E-state index is 0.393. The average molecular weight is 599 g/mol. The summed E-state index contributed by atoms with van der Waals surface area (Å²) in [4.78, 5) is 2.67. The summed E-state index contributed by atoms with van der Waals surface area (Å²) in [5.74, 6) is 0. The summed E-state index contributed by atoms with van der Waals surface area (Å²) in [6.07, 6.45) is 0. The summed E-state index contributed by atoms with van der Waals surface area (Å²) in [6.45, 7) is 0. The molecule has 0 bridgehead atoms. The lowest BCUT2D eigenvalue weighted by atomic mass is 9.69. The predicted octanol–water partition coefficient (Wildman–Crippen LogP) is 12.1. The van der Waals surface area contributed by atoms with Gasteiger partial charge in [0.05, 0.1) is 5.41 Å². The minimum Gasteiger partial charge on any atom is -0.0888 e. The highest BCUT2D eigenvalue weighted by molar-refractivity contribution is 7.99. The maximum Gasteiger partial charge on any atom is 0.0731 e. The van der Waals surface area contributed by atoms with Crippen molar-refractivity contribution >= 4 is 33.3 Å². The molecule has 8 aromatic rings. The summed E-state index contributed by atoms with van der Waals surface area (Å²) in [5, 5.41) is 5.31. The van der Waals surface area contributed by atoms with Crippen LogP contribution in [0.3, 0.4) is 0 Å². The van der Waals surface area contributed by atoms with Gasteiger partial charge in [-0.05, 0) is 101 Å². The van der Waals surface area contributed by atoms with E-state index < -0.39 is 5.41 Å². The Balaban J connectivity index is 1.24. The molecule has 212 valence electrons. The molecule has 0 amide bonds. The molecule has 0 aromatic heterocycles. The lowest BCUT2D eigenvalue weighted by Crippen LogP contribution is -2.26. The molecule has 11 rings (SSSR count). The van der Waals surface area contributed by atoms with E-state index in [-0.39, 0.29) is 0 Å². The van der Waals surface area contributed by atoms with E-state index in [1.165, 1.54) is 98.1 Å². The fourth-order valence-corrected chi connectivity index (χ4v) is 10.0.